The van der Waals surface area contributed by atoms with Crippen molar-refractivity contribution in [3.8, 4) is 0 Å². The largest absolute Gasteiger partial charge is 0.465 e. The van der Waals surface area contributed by atoms with Crippen LogP contribution in [0.5, 0.6) is 0 Å². The summed E-state index contributed by atoms with van der Waals surface area (Å²) < 4.78 is 32.2. The Balaban J connectivity index is 2.53. The first-order valence-corrected chi connectivity index (χ1v) is 5.97. The van der Waals surface area contributed by atoms with Gasteiger partial charge in [-0.15, -0.1) is 0 Å². The highest BCUT2D eigenvalue weighted by atomic mass is 19.1. The number of anilines is 1. The number of carbonyl (C=O) groups is 2. The molecule has 1 fully saturated rings. The minimum Gasteiger partial charge on any atom is -0.465 e. The van der Waals surface area contributed by atoms with Crippen molar-refractivity contribution in [3.63, 3.8) is 0 Å². The van der Waals surface area contributed by atoms with E-state index in [2.05, 4.69) is 4.74 Å². The smallest absolute Gasteiger partial charge is 0.343 e. The monoisotopic (exact) mass is 285 g/mol. The lowest BCUT2D eigenvalue weighted by Gasteiger charge is -2.20. The molecular weight excluding hydrogens is 272 g/mol. The summed E-state index contributed by atoms with van der Waals surface area (Å²) in [5, 5.41) is 9.06. The average Bonchev–Trinajstić information content (AvgIpc) is 2.81. The molecule has 0 bridgehead atoms. The van der Waals surface area contributed by atoms with Crippen LogP contribution in [0.1, 0.15) is 16.8 Å². The summed E-state index contributed by atoms with van der Waals surface area (Å²) in [6, 6.07) is 1.64. The van der Waals surface area contributed by atoms with Gasteiger partial charge >= 0.3 is 5.97 Å². The molecule has 7 heteroatoms. The van der Waals surface area contributed by atoms with E-state index in [-0.39, 0.29) is 25.5 Å². The number of carbonyl (C=O) groups excluding carboxylic acids is 2. The molecule has 1 aliphatic rings. The second kappa shape index (κ2) is 5.54. The van der Waals surface area contributed by atoms with E-state index < -0.39 is 34.8 Å². The van der Waals surface area contributed by atoms with Crippen molar-refractivity contribution >= 4 is 17.6 Å². The number of hydrogen-bond acceptors (Lipinski definition) is 4. The van der Waals surface area contributed by atoms with Crippen LogP contribution in [0.15, 0.2) is 12.1 Å². The standard InChI is InChI=1S/C13H13F2NO4/c1-20-13(19)11-8(14)2-3-9(15)12(11)16-5-7(6-17)4-10(16)18/h2-3,7,17H,4-6H2,1H3. The fraction of sp³-hybridized carbons (Fsp3) is 0.385. The second-order valence-electron chi connectivity index (χ2n) is 4.50. The van der Waals surface area contributed by atoms with Gasteiger partial charge in [-0.25, -0.2) is 13.6 Å². The first-order valence-electron chi connectivity index (χ1n) is 5.97. The van der Waals surface area contributed by atoms with Crippen molar-refractivity contribution in [2.24, 2.45) is 5.92 Å². The summed E-state index contributed by atoms with van der Waals surface area (Å²) in [5.74, 6) is -3.75. The van der Waals surface area contributed by atoms with Gasteiger partial charge in [0.05, 0.1) is 12.8 Å². The van der Waals surface area contributed by atoms with E-state index in [4.69, 9.17) is 5.11 Å². The van der Waals surface area contributed by atoms with Gasteiger partial charge in [0.25, 0.3) is 0 Å². The summed E-state index contributed by atoms with van der Waals surface area (Å²) in [4.78, 5) is 24.4. The van der Waals surface area contributed by atoms with E-state index in [1.165, 1.54) is 0 Å². The normalized spacial score (nSPS) is 18.5. The minimum atomic E-state index is -1.06. The number of amides is 1. The fourth-order valence-electron chi connectivity index (χ4n) is 2.22. The highest BCUT2D eigenvalue weighted by molar-refractivity contribution is 6.04. The minimum absolute atomic E-state index is 0.0209. The second-order valence-corrected chi connectivity index (χ2v) is 4.50. The Morgan fingerprint density at radius 2 is 2.10 bits per heavy atom. The number of esters is 1. The molecule has 0 saturated carbocycles. The Morgan fingerprint density at radius 3 is 2.65 bits per heavy atom. The molecule has 108 valence electrons. The van der Waals surface area contributed by atoms with E-state index in [1.54, 1.807) is 0 Å². The molecule has 1 aliphatic heterocycles. The molecule has 5 nitrogen and oxygen atoms in total. The zero-order valence-corrected chi connectivity index (χ0v) is 10.7. The fourth-order valence-corrected chi connectivity index (χ4v) is 2.22. The first-order chi connectivity index (χ1) is 9.49. The van der Waals surface area contributed by atoms with Gasteiger partial charge in [0, 0.05) is 25.5 Å². The molecule has 0 aliphatic carbocycles. The highest BCUT2D eigenvalue weighted by Crippen LogP contribution is 2.32. The SMILES string of the molecule is COC(=O)c1c(F)ccc(F)c1N1CC(CO)CC1=O. The summed E-state index contributed by atoms with van der Waals surface area (Å²) >= 11 is 0. The summed E-state index contributed by atoms with van der Waals surface area (Å²) in [5.41, 5.74) is -1.04. The zero-order chi connectivity index (χ0) is 14.9. The zero-order valence-electron chi connectivity index (χ0n) is 10.7. The number of benzene rings is 1. The summed E-state index contributed by atoms with van der Waals surface area (Å²) in [7, 11) is 1.04. The molecule has 1 aromatic carbocycles. The predicted octanol–water partition coefficient (Wildman–Crippen LogP) is 1.10. The Morgan fingerprint density at radius 1 is 1.45 bits per heavy atom. The van der Waals surface area contributed by atoms with Crippen LogP contribution in [0.3, 0.4) is 0 Å². The van der Waals surface area contributed by atoms with Crippen molar-refractivity contribution in [3.05, 3.63) is 29.3 Å². The molecule has 1 atom stereocenters. The molecule has 1 N–H and O–H groups in total. The van der Waals surface area contributed by atoms with E-state index in [0.29, 0.717) is 0 Å². The Bertz CT molecular complexity index is 562. The average molecular weight is 285 g/mol. The van der Waals surface area contributed by atoms with Crippen molar-refractivity contribution in [1.29, 1.82) is 0 Å². The van der Waals surface area contributed by atoms with Crippen molar-refractivity contribution in [2.75, 3.05) is 25.2 Å². The van der Waals surface area contributed by atoms with Crippen LogP contribution in [0.4, 0.5) is 14.5 Å². The lowest BCUT2D eigenvalue weighted by Crippen LogP contribution is -2.28. The topological polar surface area (TPSA) is 66.8 Å². The third kappa shape index (κ3) is 2.36. The lowest BCUT2D eigenvalue weighted by molar-refractivity contribution is -0.117. The van der Waals surface area contributed by atoms with Gasteiger partial charge in [0.1, 0.15) is 17.2 Å². The number of halogens is 2. The third-order valence-electron chi connectivity index (χ3n) is 3.20. The number of methoxy groups -OCH3 is 1. The van der Waals surface area contributed by atoms with Crippen molar-refractivity contribution < 1.29 is 28.2 Å². The number of ether oxygens (including phenoxy) is 1. The van der Waals surface area contributed by atoms with E-state index in [1.807, 2.05) is 0 Å². The summed E-state index contributed by atoms with van der Waals surface area (Å²) in [6.07, 6.45) is 0.0209. The van der Waals surface area contributed by atoms with Crippen LogP contribution in [0.2, 0.25) is 0 Å². The van der Waals surface area contributed by atoms with Crippen molar-refractivity contribution in [2.45, 2.75) is 6.42 Å². The van der Waals surface area contributed by atoms with Crippen LogP contribution in [0, 0.1) is 17.6 Å². The molecule has 1 amide bonds. The molecule has 1 unspecified atom stereocenters. The molecule has 20 heavy (non-hydrogen) atoms. The molecule has 2 rings (SSSR count). The number of aliphatic hydroxyl groups excluding tert-OH is 1. The molecular formula is C13H13F2NO4. The van der Waals surface area contributed by atoms with Gasteiger partial charge in [-0.1, -0.05) is 0 Å². The molecule has 0 spiro atoms. The first kappa shape index (κ1) is 14.4. The predicted molar refractivity (Wildman–Crippen MR) is 65.2 cm³/mol. The van der Waals surface area contributed by atoms with Gasteiger partial charge in [0.2, 0.25) is 5.91 Å². The van der Waals surface area contributed by atoms with Gasteiger partial charge in [0.15, 0.2) is 0 Å². The molecule has 1 saturated heterocycles. The van der Waals surface area contributed by atoms with Crippen LogP contribution >= 0.6 is 0 Å². The van der Waals surface area contributed by atoms with Crippen LogP contribution in [0.25, 0.3) is 0 Å². The maximum Gasteiger partial charge on any atom is 0.343 e. The van der Waals surface area contributed by atoms with Crippen molar-refractivity contribution in [1.82, 2.24) is 0 Å². The summed E-state index contributed by atoms with van der Waals surface area (Å²) in [6.45, 7) is -0.216. The number of aliphatic hydroxyl groups is 1. The van der Waals surface area contributed by atoms with Gasteiger partial charge in [-0.3, -0.25) is 4.79 Å². The quantitative estimate of drug-likeness (QED) is 0.844. The highest BCUT2D eigenvalue weighted by Gasteiger charge is 2.35. The van der Waals surface area contributed by atoms with Crippen LogP contribution in [-0.4, -0.2) is 37.2 Å². The molecule has 0 radical (unpaired) electrons. The third-order valence-corrected chi connectivity index (χ3v) is 3.20. The Hall–Kier alpha value is -2.02. The molecule has 1 heterocycles. The van der Waals surface area contributed by atoms with Gasteiger partial charge < -0.3 is 14.7 Å². The lowest BCUT2D eigenvalue weighted by atomic mass is 10.1. The van der Waals surface area contributed by atoms with E-state index in [9.17, 15) is 18.4 Å². The van der Waals surface area contributed by atoms with Gasteiger partial charge in [-0.05, 0) is 12.1 Å². The van der Waals surface area contributed by atoms with E-state index in [0.717, 1.165) is 24.1 Å². The number of hydrogen-bond donors (Lipinski definition) is 1. The number of rotatable bonds is 3. The Labute approximate surface area is 113 Å². The Kier molecular flexibility index (Phi) is 3.99. The van der Waals surface area contributed by atoms with Crippen LogP contribution in [-0.2, 0) is 9.53 Å². The molecule has 0 aromatic heterocycles. The van der Waals surface area contributed by atoms with Crippen LogP contribution < -0.4 is 4.90 Å². The number of nitrogens with zero attached hydrogens (tertiary/aromatic N) is 1. The van der Waals surface area contributed by atoms with Gasteiger partial charge in [-0.2, -0.15) is 0 Å². The maximum atomic E-state index is 14.0. The maximum absolute atomic E-state index is 14.0. The van der Waals surface area contributed by atoms with E-state index >= 15 is 0 Å². The molecule has 1 aromatic rings.